The summed E-state index contributed by atoms with van der Waals surface area (Å²) in [5.74, 6) is 0.862. The van der Waals surface area contributed by atoms with Crippen molar-refractivity contribution in [2.24, 2.45) is 0 Å². The Balaban J connectivity index is 2.58. The molecule has 0 aliphatic carbocycles. The van der Waals surface area contributed by atoms with Crippen LogP contribution in [0.5, 0.6) is 5.75 Å². The van der Waals surface area contributed by atoms with Gasteiger partial charge in [0.1, 0.15) is 5.75 Å². The smallest absolute Gasteiger partial charge is 0.236 e. The van der Waals surface area contributed by atoms with Gasteiger partial charge in [-0.3, -0.25) is 10.1 Å². The number of carbonyl (C=O) groups excluding carboxylic acids is 1. The number of hydrogen-bond donors (Lipinski definition) is 2. The predicted molar refractivity (Wildman–Crippen MR) is 72.7 cm³/mol. The summed E-state index contributed by atoms with van der Waals surface area (Å²) in [7, 11) is 1.65. The molecule has 0 aliphatic rings. The van der Waals surface area contributed by atoms with Crippen LogP contribution < -0.4 is 15.4 Å². The van der Waals surface area contributed by atoms with E-state index in [4.69, 9.17) is 4.74 Å². The zero-order valence-corrected chi connectivity index (χ0v) is 11.5. The van der Waals surface area contributed by atoms with Gasteiger partial charge in [-0.2, -0.15) is 0 Å². The molecular formula is C14H22N2O2. The highest BCUT2D eigenvalue weighted by Crippen LogP contribution is 2.17. The number of methoxy groups -OCH3 is 1. The topological polar surface area (TPSA) is 50.4 Å². The van der Waals surface area contributed by atoms with E-state index in [0.717, 1.165) is 11.3 Å². The van der Waals surface area contributed by atoms with E-state index >= 15 is 0 Å². The van der Waals surface area contributed by atoms with Crippen LogP contribution in [-0.4, -0.2) is 25.6 Å². The number of likely N-dealkylation sites (N-methyl/N-ethyl adjacent to an activating group) is 1. The SMILES string of the molecule is CCNC(=O)C(C)N[C@@H](C)c1ccc(OC)cc1. The van der Waals surface area contributed by atoms with E-state index in [2.05, 4.69) is 10.6 Å². The fraction of sp³-hybridized carbons (Fsp3) is 0.500. The molecule has 18 heavy (non-hydrogen) atoms. The standard InChI is InChI=1S/C14H22N2O2/c1-5-15-14(17)11(3)16-10(2)12-6-8-13(18-4)9-7-12/h6-11,16H,5H2,1-4H3,(H,15,17)/t10-,11?/m0/s1. The molecule has 0 heterocycles. The van der Waals surface area contributed by atoms with E-state index in [9.17, 15) is 4.79 Å². The first-order valence-electron chi connectivity index (χ1n) is 6.26. The van der Waals surface area contributed by atoms with Crippen LogP contribution in [0.2, 0.25) is 0 Å². The molecule has 0 spiro atoms. The molecule has 100 valence electrons. The van der Waals surface area contributed by atoms with Gasteiger partial charge in [0.2, 0.25) is 5.91 Å². The summed E-state index contributed by atoms with van der Waals surface area (Å²) in [6.45, 7) is 6.47. The summed E-state index contributed by atoms with van der Waals surface area (Å²) in [5.41, 5.74) is 1.13. The molecule has 1 rings (SSSR count). The molecule has 1 aromatic carbocycles. The van der Waals surface area contributed by atoms with Gasteiger partial charge in [-0.1, -0.05) is 12.1 Å². The van der Waals surface area contributed by atoms with Crippen LogP contribution >= 0.6 is 0 Å². The van der Waals surface area contributed by atoms with E-state index < -0.39 is 0 Å². The first-order chi connectivity index (χ1) is 8.58. The molecule has 0 bridgehead atoms. The van der Waals surface area contributed by atoms with Gasteiger partial charge in [0, 0.05) is 12.6 Å². The summed E-state index contributed by atoms with van der Waals surface area (Å²) < 4.78 is 5.12. The van der Waals surface area contributed by atoms with E-state index in [1.807, 2.05) is 45.0 Å². The Hall–Kier alpha value is -1.55. The van der Waals surface area contributed by atoms with Gasteiger partial charge < -0.3 is 10.1 Å². The van der Waals surface area contributed by atoms with Crippen molar-refractivity contribution in [2.45, 2.75) is 32.9 Å². The Morgan fingerprint density at radius 2 is 1.89 bits per heavy atom. The van der Waals surface area contributed by atoms with Gasteiger partial charge in [-0.25, -0.2) is 0 Å². The van der Waals surface area contributed by atoms with Gasteiger partial charge in [0.05, 0.1) is 13.2 Å². The molecular weight excluding hydrogens is 228 g/mol. The van der Waals surface area contributed by atoms with Crippen LogP contribution in [-0.2, 0) is 4.79 Å². The normalized spacial score (nSPS) is 13.8. The lowest BCUT2D eigenvalue weighted by Gasteiger charge is -2.19. The lowest BCUT2D eigenvalue weighted by molar-refractivity contribution is -0.122. The second-order valence-electron chi connectivity index (χ2n) is 4.28. The van der Waals surface area contributed by atoms with Crippen LogP contribution in [0.4, 0.5) is 0 Å². The van der Waals surface area contributed by atoms with Crippen molar-refractivity contribution in [3.8, 4) is 5.75 Å². The molecule has 0 aromatic heterocycles. The third-order valence-corrected chi connectivity index (χ3v) is 2.86. The number of hydrogen-bond acceptors (Lipinski definition) is 3. The van der Waals surface area contributed by atoms with Crippen LogP contribution in [0.1, 0.15) is 32.4 Å². The summed E-state index contributed by atoms with van der Waals surface area (Å²) >= 11 is 0. The lowest BCUT2D eigenvalue weighted by atomic mass is 10.1. The monoisotopic (exact) mass is 250 g/mol. The summed E-state index contributed by atoms with van der Waals surface area (Å²) in [6.07, 6.45) is 0. The molecule has 0 radical (unpaired) electrons. The minimum atomic E-state index is -0.206. The second-order valence-corrected chi connectivity index (χ2v) is 4.28. The van der Waals surface area contributed by atoms with Crippen molar-refractivity contribution in [3.63, 3.8) is 0 Å². The molecule has 1 amide bonds. The summed E-state index contributed by atoms with van der Waals surface area (Å²) in [4.78, 5) is 11.6. The molecule has 1 unspecified atom stereocenters. The largest absolute Gasteiger partial charge is 0.497 e. The molecule has 0 saturated carbocycles. The van der Waals surface area contributed by atoms with Gasteiger partial charge in [-0.15, -0.1) is 0 Å². The Labute approximate surface area is 109 Å². The van der Waals surface area contributed by atoms with E-state index in [1.54, 1.807) is 7.11 Å². The minimum Gasteiger partial charge on any atom is -0.497 e. The Bertz CT molecular complexity index is 376. The average Bonchev–Trinajstić information content (AvgIpc) is 2.39. The zero-order valence-electron chi connectivity index (χ0n) is 11.5. The Morgan fingerprint density at radius 3 is 2.39 bits per heavy atom. The maximum atomic E-state index is 11.6. The average molecular weight is 250 g/mol. The molecule has 1 aromatic rings. The third kappa shape index (κ3) is 4.04. The maximum absolute atomic E-state index is 11.6. The van der Waals surface area contributed by atoms with Crippen molar-refractivity contribution in [1.29, 1.82) is 0 Å². The molecule has 0 saturated heterocycles. The van der Waals surface area contributed by atoms with Gasteiger partial charge in [0.25, 0.3) is 0 Å². The predicted octanol–water partition coefficient (Wildman–Crippen LogP) is 1.87. The third-order valence-electron chi connectivity index (χ3n) is 2.86. The molecule has 0 fully saturated rings. The molecule has 4 nitrogen and oxygen atoms in total. The van der Waals surface area contributed by atoms with E-state index in [0.29, 0.717) is 6.54 Å². The quantitative estimate of drug-likeness (QED) is 0.810. The van der Waals surface area contributed by atoms with Crippen LogP contribution in [0, 0.1) is 0 Å². The first-order valence-corrected chi connectivity index (χ1v) is 6.26. The molecule has 2 atom stereocenters. The molecule has 2 N–H and O–H groups in total. The number of benzene rings is 1. The fourth-order valence-electron chi connectivity index (χ4n) is 1.77. The zero-order chi connectivity index (χ0) is 13.5. The van der Waals surface area contributed by atoms with Gasteiger partial charge in [0.15, 0.2) is 0 Å². The van der Waals surface area contributed by atoms with Crippen molar-refractivity contribution >= 4 is 5.91 Å². The van der Waals surface area contributed by atoms with E-state index in [1.165, 1.54) is 0 Å². The summed E-state index contributed by atoms with van der Waals surface area (Å²) in [6, 6.07) is 7.76. The number of ether oxygens (including phenoxy) is 1. The second kappa shape index (κ2) is 7.01. The highest BCUT2D eigenvalue weighted by atomic mass is 16.5. The van der Waals surface area contributed by atoms with Crippen LogP contribution in [0.15, 0.2) is 24.3 Å². The van der Waals surface area contributed by atoms with Crippen molar-refractivity contribution < 1.29 is 9.53 Å². The fourth-order valence-corrected chi connectivity index (χ4v) is 1.77. The number of nitrogens with one attached hydrogen (secondary N) is 2. The van der Waals surface area contributed by atoms with Crippen molar-refractivity contribution in [3.05, 3.63) is 29.8 Å². The van der Waals surface area contributed by atoms with E-state index in [-0.39, 0.29) is 18.0 Å². The Kier molecular flexibility index (Phi) is 5.65. The minimum absolute atomic E-state index is 0.0258. The molecule has 0 aliphatic heterocycles. The Morgan fingerprint density at radius 1 is 1.28 bits per heavy atom. The number of amides is 1. The van der Waals surface area contributed by atoms with Crippen LogP contribution in [0.25, 0.3) is 0 Å². The highest BCUT2D eigenvalue weighted by Gasteiger charge is 2.15. The van der Waals surface area contributed by atoms with Crippen molar-refractivity contribution in [1.82, 2.24) is 10.6 Å². The van der Waals surface area contributed by atoms with Crippen LogP contribution in [0.3, 0.4) is 0 Å². The first kappa shape index (κ1) is 14.5. The van der Waals surface area contributed by atoms with Gasteiger partial charge >= 0.3 is 0 Å². The van der Waals surface area contributed by atoms with Crippen molar-refractivity contribution in [2.75, 3.05) is 13.7 Å². The maximum Gasteiger partial charge on any atom is 0.236 e. The summed E-state index contributed by atoms with van der Waals surface area (Å²) in [5, 5.41) is 6.06. The highest BCUT2D eigenvalue weighted by molar-refractivity contribution is 5.81. The van der Waals surface area contributed by atoms with Gasteiger partial charge in [-0.05, 0) is 38.5 Å². The molecule has 4 heteroatoms. The lowest BCUT2D eigenvalue weighted by Crippen LogP contribution is -2.42. The number of rotatable bonds is 6. The number of carbonyl (C=O) groups is 1.